The fraction of sp³-hybridized carbons (Fsp3) is 0.667. The van der Waals surface area contributed by atoms with Crippen LogP contribution in [0.2, 0.25) is 5.02 Å². The van der Waals surface area contributed by atoms with Gasteiger partial charge >= 0.3 is 0 Å². The monoisotopic (exact) mass is 392 g/mol. The maximum atomic E-state index is 6.17. The van der Waals surface area contributed by atoms with Crippen LogP contribution < -0.4 is 10.6 Å². The molecule has 2 aliphatic rings. The minimum Gasteiger partial charge on any atom is -0.379 e. The summed E-state index contributed by atoms with van der Waals surface area (Å²) in [5.41, 5.74) is 1.50. The Balaban J connectivity index is 1.42. The topological polar surface area (TPSA) is 48.9 Å². The number of guanidine groups is 1. The normalized spacial score (nSPS) is 19.7. The maximum Gasteiger partial charge on any atom is 0.191 e. The van der Waals surface area contributed by atoms with Gasteiger partial charge in [-0.05, 0) is 56.8 Å². The van der Waals surface area contributed by atoms with Crippen LogP contribution in [0.15, 0.2) is 29.3 Å². The third-order valence-corrected chi connectivity index (χ3v) is 5.71. The molecular weight excluding hydrogens is 360 g/mol. The van der Waals surface area contributed by atoms with Crippen LogP contribution in [-0.2, 0) is 10.2 Å². The average Bonchev–Trinajstić information content (AvgIpc) is 3.48. The van der Waals surface area contributed by atoms with Crippen LogP contribution in [-0.4, -0.2) is 63.3 Å². The van der Waals surface area contributed by atoms with Crippen LogP contribution in [0.4, 0.5) is 0 Å². The standard InChI is InChI=1S/C21H33ClN4O/c1-2-23-20(24-10-3-4-11-26-12-14-27-15-13-26)25-17-21(8-9-21)18-6-5-7-19(22)16-18/h5-7,16H,2-4,8-15,17H2,1H3,(H2,23,24,25). The molecule has 1 aromatic rings. The lowest BCUT2D eigenvalue weighted by Gasteiger charge is -2.26. The van der Waals surface area contributed by atoms with Gasteiger partial charge < -0.3 is 15.4 Å². The van der Waals surface area contributed by atoms with Gasteiger partial charge in [0.15, 0.2) is 5.96 Å². The van der Waals surface area contributed by atoms with Crippen molar-refractivity contribution in [2.45, 2.75) is 38.0 Å². The summed E-state index contributed by atoms with van der Waals surface area (Å²) in [5.74, 6) is 0.928. The molecule has 1 aliphatic heterocycles. The fourth-order valence-corrected chi connectivity index (χ4v) is 3.76. The number of aliphatic imine (C=N–C) groups is 1. The highest BCUT2D eigenvalue weighted by molar-refractivity contribution is 6.30. The summed E-state index contributed by atoms with van der Waals surface area (Å²) in [6, 6.07) is 8.25. The van der Waals surface area contributed by atoms with Gasteiger partial charge in [-0.25, -0.2) is 0 Å². The first kappa shape index (κ1) is 20.4. The minimum absolute atomic E-state index is 0.184. The van der Waals surface area contributed by atoms with E-state index in [1.165, 1.54) is 24.8 Å². The molecule has 1 heterocycles. The van der Waals surface area contributed by atoms with Gasteiger partial charge in [0.05, 0.1) is 19.8 Å². The zero-order valence-corrected chi connectivity index (χ0v) is 17.2. The molecule has 6 heteroatoms. The van der Waals surface area contributed by atoms with Crippen molar-refractivity contribution in [2.24, 2.45) is 4.99 Å². The molecule has 0 aromatic heterocycles. The molecule has 1 aliphatic carbocycles. The second-order valence-corrected chi connectivity index (χ2v) is 8.01. The first-order valence-corrected chi connectivity index (χ1v) is 10.7. The number of hydrogen-bond donors (Lipinski definition) is 2. The summed E-state index contributed by atoms with van der Waals surface area (Å²) >= 11 is 6.17. The lowest BCUT2D eigenvalue weighted by Crippen LogP contribution is -2.39. The van der Waals surface area contributed by atoms with E-state index in [-0.39, 0.29) is 5.41 Å². The molecule has 0 spiro atoms. The van der Waals surface area contributed by atoms with Crippen molar-refractivity contribution in [3.63, 3.8) is 0 Å². The third-order valence-electron chi connectivity index (χ3n) is 5.47. The Morgan fingerprint density at radius 2 is 2.04 bits per heavy atom. The number of nitrogens with one attached hydrogen (secondary N) is 2. The molecule has 1 saturated heterocycles. The predicted octanol–water partition coefficient (Wildman–Crippen LogP) is 3.04. The number of halogens is 1. The first-order valence-electron chi connectivity index (χ1n) is 10.3. The van der Waals surface area contributed by atoms with E-state index in [1.807, 2.05) is 12.1 Å². The quantitative estimate of drug-likeness (QED) is 0.385. The summed E-state index contributed by atoms with van der Waals surface area (Å²) in [6.45, 7) is 9.83. The average molecular weight is 393 g/mol. The van der Waals surface area contributed by atoms with Crippen LogP contribution in [0.1, 0.15) is 38.2 Å². The van der Waals surface area contributed by atoms with E-state index in [0.717, 1.165) is 69.9 Å². The largest absolute Gasteiger partial charge is 0.379 e. The van der Waals surface area contributed by atoms with Gasteiger partial charge in [-0.2, -0.15) is 0 Å². The number of nitrogens with zero attached hydrogens (tertiary/aromatic N) is 2. The van der Waals surface area contributed by atoms with Gasteiger partial charge in [0, 0.05) is 36.6 Å². The summed E-state index contributed by atoms with van der Waals surface area (Å²) in [5, 5.41) is 7.68. The second kappa shape index (κ2) is 10.3. The number of morpholine rings is 1. The predicted molar refractivity (Wildman–Crippen MR) is 113 cm³/mol. The summed E-state index contributed by atoms with van der Waals surface area (Å²) < 4.78 is 5.40. The summed E-state index contributed by atoms with van der Waals surface area (Å²) in [7, 11) is 0. The Kier molecular flexibility index (Phi) is 7.80. The molecule has 2 fully saturated rings. The van der Waals surface area contributed by atoms with E-state index >= 15 is 0 Å². The third kappa shape index (κ3) is 6.37. The Morgan fingerprint density at radius 3 is 2.74 bits per heavy atom. The van der Waals surface area contributed by atoms with E-state index < -0.39 is 0 Å². The molecule has 1 aromatic carbocycles. The van der Waals surface area contributed by atoms with Crippen molar-refractivity contribution < 1.29 is 4.74 Å². The van der Waals surface area contributed by atoms with E-state index in [9.17, 15) is 0 Å². The second-order valence-electron chi connectivity index (χ2n) is 7.57. The molecule has 1 saturated carbocycles. The van der Waals surface area contributed by atoms with Crippen LogP contribution >= 0.6 is 11.6 Å². The van der Waals surface area contributed by atoms with Crippen molar-refractivity contribution in [1.29, 1.82) is 0 Å². The molecule has 150 valence electrons. The van der Waals surface area contributed by atoms with Crippen molar-refractivity contribution in [1.82, 2.24) is 15.5 Å². The molecule has 0 bridgehead atoms. The molecule has 27 heavy (non-hydrogen) atoms. The maximum absolute atomic E-state index is 6.17. The zero-order chi connectivity index (χ0) is 19.0. The van der Waals surface area contributed by atoms with Crippen LogP contribution in [0.25, 0.3) is 0 Å². The first-order chi connectivity index (χ1) is 13.2. The van der Waals surface area contributed by atoms with Crippen molar-refractivity contribution in [3.05, 3.63) is 34.9 Å². The summed E-state index contributed by atoms with van der Waals surface area (Å²) in [6.07, 6.45) is 4.74. The van der Waals surface area contributed by atoms with Crippen molar-refractivity contribution in [3.8, 4) is 0 Å². The zero-order valence-electron chi connectivity index (χ0n) is 16.5. The van der Waals surface area contributed by atoms with Gasteiger partial charge in [0.2, 0.25) is 0 Å². The highest BCUT2D eigenvalue weighted by atomic mass is 35.5. The molecule has 0 atom stereocenters. The van der Waals surface area contributed by atoms with E-state index in [1.54, 1.807) is 0 Å². The Morgan fingerprint density at radius 1 is 1.22 bits per heavy atom. The molecular formula is C21H33ClN4O. The number of hydrogen-bond acceptors (Lipinski definition) is 3. The summed E-state index contributed by atoms with van der Waals surface area (Å²) in [4.78, 5) is 7.36. The van der Waals surface area contributed by atoms with Gasteiger partial charge in [-0.3, -0.25) is 9.89 Å². The van der Waals surface area contributed by atoms with E-state index in [0.29, 0.717) is 0 Å². The Labute approximate surface area is 168 Å². The SMILES string of the molecule is CCNC(=NCC1(c2cccc(Cl)c2)CC1)NCCCCN1CCOCC1. The van der Waals surface area contributed by atoms with Crippen molar-refractivity contribution >= 4 is 17.6 Å². The van der Waals surface area contributed by atoms with Gasteiger partial charge in [-0.1, -0.05) is 23.7 Å². The smallest absolute Gasteiger partial charge is 0.191 e. The van der Waals surface area contributed by atoms with Crippen molar-refractivity contribution in [2.75, 3.05) is 52.5 Å². The molecule has 5 nitrogen and oxygen atoms in total. The molecule has 0 radical (unpaired) electrons. The van der Waals surface area contributed by atoms with Crippen LogP contribution in [0.3, 0.4) is 0 Å². The Bertz CT molecular complexity index is 612. The Hall–Kier alpha value is -1.30. The highest BCUT2D eigenvalue weighted by Crippen LogP contribution is 2.48. The fourth-order valence-electron chi connectivity index (χ4n) is 3.57. The van der Waals surface area contributed by atoms with Gasteiger partial charge in [0.25, 0.3) is 0 Å². The number of unbranched alkanes of at least 4 members (excludes halogenated alkanes) is 1. The van der Waals surface area contributed by atoms with Gasteiger partial charge in [0.1, 0.15) is 0 Å². The highest BCUT2D eigenvalue weighted by Gasteiger charge is 2.44. The molecule has 2 N–H and O–H groups in total. The lowest BCUT2D eigenvalue weighted by atomic mass is 9.96. The van der Waals surface area contributed by atoms with E-state index in [2.05, 4.69) is 34.6 Å². The van der Waals surface area contributed by atoms with Crippen LogP contribution in [0, 0.1) is 0 Å². The minimum atomic E-state index is 0.184. The van der Waals surface area contributed by atoms with Gasteiger partial charge in [-0.15, -0.1) is 0 Å². The molecule has 0 amide bonds. The number of benzene rings is 1. The molecule has 3 rings (SSSR count). The number of rotatable bonds is 9. The molecule has 0 unspecified atom stereocenters. The van der Waals surface area contributed by atoms with Crippen LogP contribution in [0.5, 0.6) is 0 Å². The lowest BCUT2D eigenvalue weighted by molar-refractivity contribution is 0.0372. The number of ether oxygens (including phenoxy) is 1. The van der Waals surface area contributed by atoms with E-state index in [4.69, 9.17) is 21.3 Å².